The predicted octanol–water partition coefficient (Wildman–Crippen LogP) is 5.89. The lowest BCUT2D eigenvalue weighted by Gasteiger charge is -2.20. The zero-order valence-corrected chi connectivity index (χ0v) is 14.5. The Morgan fingerprint density at radius 1 is 1.33 bits per heavy atom. The highest BCUT2D eigenvalue weighted by Gasteiger charge is 2.17. The van der Waals surface area contributed by atoms with Crippen molar-refractivity contribution >= 4 is 29.0 Å². The third-order valence-corrected chi connectivity index (χ3v) is 4.02. The maximum Gasteiger partial charge on any atom is 0.138 e. The lowest BCUT2D eigenvalue weighted by molar-refractivity contribution is 0.360. The Hall–Kier alpha value is -1.12. The Balaban J connectivity index is 3.26. The fourth-order valence-electron chi connectivity index (χ4n) is 2.36. The van der Waals surface area contributed by atoms with E-state index in [2.05, 4.69) is 20.4 Å². The summed E-state index contributed by atoms with van der Waals surface area (Å²) < 4.78 is 10.9. The maximum absolute atomic E-state index is 6.07. The van der Waals surface area contributed by atoms with Gasteiger partial charge in [0.05, 0.1) is 19.2 Å². The van der Waals surface area contributed by atoms with E-state index in [1.165, 1.54) is 0 Å². The van der Waals surface area contributed by atoms with Crippen LogP contribution in [0.25, 0.3) is 5.76 Å². The molecular weight excluding hydrogens is 307 g/mol. The number of ether oxygens (including phenoxy) is 2. The van der Waals surface area contributed by atoms with E-state index in [0.717, 1.165) is 29.7 Å². The van der Waals surface area contributed by atoms with Gasteiger partial charge in [-0.2, -0.15) is 0 Å². The molecule has 0 aliphatic rings. The topological polar surface area (TPSA) is 18.5 Å². The molecule has 0 saturated heterocycles. The summed E-state index contributed by atoms with van der Waals surface area (Å²) in [5, 5.41) is 1.24. The van der Waals surface area contributed by atoms with Crippen LogP contribution in [0, 0.1) is 5.92 Å². The molecule has 4 heteroatoms. The van der Waals surface area contributed by atoms with Crippen LogP contribution in [0.15, 0.2) is 35.4 Å². The molecule has 0 N–H and O–H groups in total. The molecule has 1 atom stereocenters. The number of allylic oxidation sites excluding steroid dienone is 2. The summed E-state index contributed by atoms with van der Waals surface area (Å²) in [6, 6.07) is 5.62. The minimum atomic E-state index is 0.298. The van der Waals surface area contributed by atoms with E-state index >= 15 is 0 Å². The Bertz CT molecular complexity index is 536. The third-order valence-electron chi connectivity index (χ3n) is 3.55. The van der Waals surface area contributed by atoms with Crippen molar-refractivity contribution in [2.24, 2.45) is 5.92 Å². The van der Waals surface area contributed by atoms with Gasteiger partial charge in [0.2, 0.25) is 0 Å². The van der Waals surface area contributed by atoms with Crippen LogP contribution in [-0.2, 0) is 4.74 Å². The average Bonchev–Trinajstić information content (AvgIpc) is 2.46. The number of methoxy groups -OCH3 is 2. The molecule has 116 valence electrons. The van der Waals surface area contributed by atoms with E-state index in [1.807, 2.05) is 18.2 Å². The van der Waals surface area contributed by atoms with Crippen molar-refractivity contribution in [3.63, 3.8) is 0 Å². The monoisotopic (exact) mass is 328 g/mol. The molecule has 1 aromatic rings. The molecule has 0 amide bonds. The molecule has 0 fully saturated rings. The van der Waals surface area contributed by atoms with E-state index in [1.54, 1.807) is 14.2 Å². The summed E-state index contributed by atoms with van der Waals surface area (Å²) in [7, 11) is 3.27. The van der Waals surface area contributed by atoms with Crippen LogP contribution in [0.1, 0.15) is 32.3 Å². The first-order valence-electron chi connectivity index (χ1n) is 6.86. The van der Waals surface area contributed by atoms with Crippen LogP contribution in [0.5, 0.6) is 5.75 Å². The van der Waals surface area contributed by atoms with E-state index in [0.29, 0.717) is 21.7 Å². The number of rotatable bonds is 7. The Morgan fingerprint density at radius 3 is 2.48 bits per heavy atom. The fourth-order valence-corrected chi connectivity index (χ4v) is 2.74. The van der Waals surface area contributed by atoms with E-state index in [4.69, 9.17) is 32.7 Å². The summed E-state index contributed by atoms with van der Waals surface area (Å²) >= 11 is 12.0. The third kappa shape index (κ3) is 4.69. The second-order valence-electron chi connectivity index (χ2n) is 4.89. The van der Waals surface area contributed by atoms with Gasteiger partial charge in [0.1, 0.15) is 11.5 Å². The molecule has 0 heterocycles. The van der Waals surface area contributed by atoms with Gasteiger partial charge in [-0.1, -0.05) is 36.7 Å². The van der Waals surface area contributed by atoms with Crippen molar-refractivity contribution in [1.29, 1.82) is 0 Å². The highest BCUT2D eigenvalue weighted by Crippen LogP contribution is 2.34. The maximum atomic E-state index is 6.07. The molecule has 1 rings (SSSR count). The first-order chi connectivity index (χ1) is 9.94. The quantitative estimate of drug-likeness (QED) is 0.580. The van der Waals surface area contributed by atoms with E-state index < -0.39 is 0 Å². The van der Waals surface area contributed by atoms with Crippen LogP contribution in [-0.4, -0.2) is 14.2 Å². The van der Waals surface area contributed by atoms with Crippen molar-refractivity contribution in [2.75, 3.05) is 14.2 Å². The van der Waals surface area contributed by atoms with Crippen molar-refractivity contribution in [3.8, 4) is 5.75 Å². The molecule has 0 bridgehead atoms. The van der Waals surface area contributed by atoms with Crippen LogP contribution in [0.2, 0.25) is 5.02 Å². The molecule has 0 aromatic heterocycles. The summed E-state index contributed by atoms with van der Waals surface area (Å²) in [5.74, 6) is 1.76. The van der Waals surface area contributed by atoms with Gasteiger partial charge >= 0.3 is 0 Å². The first kappa shape index (κ1) is 17.9. The molecule has 0 saturated carbocycles. The summed E-state index contributed by atoms with van der Waals surface area (Å²) in [5.41, 5.74) is 2.08. The second kappa shape index (κ2) is 8.35. The van der Waals surface area contributed by atoms with Gasteiger partial charge in [0.25, 0.3) is 0 Å². The normalized spacial score (nSPS) is 13.4. The summed E-state index contributed by atoms with van der Waals surface area (Å²) in [4.78, 5) is 0. The van der Waals surface area contributed by atoms with E-state index in [9.17, 15) is 0 Å². The fraction of sp³-hybridized carbons (Fsp3) is 0.412. The number of hydrogen-bond acceptors (Lipinski definition) is 2. The van der Waals surface area contributed by atoms with Crippen molar-refractivity contribution in [3.05, 3.63) is 46.0 Å². The molecule has 0 aliphatic carbocycles. The lowest BCUT2D eigenvalue weighted by Crippen LogP contribution is -2.05. The Labute approximate surface area is 137 Å². The molecule has 21 heavy (non-hydrogen) atoms. The zero-order valence-electron chi connectivity index (χ0n) is 13.0. The van der Waals surface area contributed by atoms with Gasteiger partial charge in [0, 0.05) is 10.6 Å². The average molecular weight is 329 g/mol. The minimum Gasteiger partial charge on any atom is -0.496 e. The van der Waals surface area contributed by atoms with Crippen LogP contribution >= 0.6 is 23.2 Å². The van der Waals surface area contributed by atoms with Gasteiger partial charge in [-0.25, -0.2) is 0 Å². The van der Waals surface area contributed by atoms with Crippen molar-refractivity contribution in [1.82, 2.24) is 0 Å². The smallest absolute Gasteiger partial charge is 0.138 e. The summed E-state index contributed by atoms with van der Waals surface area (Å²) in [6.07, 6.45) is 1.70. The second-order valence-corrected chi connectivity index (χ2v) is 5.83. The highest BCUT2D eigenvalue weighted by atomic mass is 35.5. The van der Waals surface area contributed by atoms with Gasteiger partial charge in [-0.05, 0) is 49.5 Å². The standard InChI is InChI=1S/C17H22Cl2O2/c1-6-13(9-11(2)18)12(3)17(21-5)14-7-8-15(19)16(10-14)20-4/h7-8,10,13H,2,6,9H2,1,3-5H3/b17-12+. The molecule has 0 aliphatic heterocycles. The van der Waals surface area contributed by atoms with Crippen molar-refractivity contribution < 1.29 is 9.47 Å². The van der Waals surface area contributed by atoms with Crippen LogP contribution in [0.3, 0.4) is 0 Å². The number of hydrogen-bond donors (Lipinski definition) is 0. The summed E-state index contributed by atoms with van der Waals surface area (Å²) in [6.45, 7) is 7.98. The van der Waals surface area contributed by atoms with Gasteiger partial charge in [-0.3, -0.25) is 0 Å². The SMILES string of the molecule is C=C(Cl)CC(CC)/C(C)=C(/OC)c1ccc(Cl)c(OC)c1. The number of halogens is 2. The molecule has 1 unspecified atom stereocenters. The van der Waals surface area contributed by atoms with Crippen LogP contribution in [0.4, 0.5) is 0 Å². The van der Waals surface area contributed by atoms with E-state index in [-0.39, 0.29) is 0 Å². The van der Waals surface area contributed by atoms with Gasteiger partial charge in [-0.15, -0.1) is 0 Å². The highest BCUT2D eigenvalue weighted by molar-refractivity contribution is 6.32. The van der Waals surface area contributed by atoms with Crippen molar-refractivity contribution in [2.45, 2.75) is 26.7 Å². The zero-order chi connectivity index (χ0) is 16.0. The molecule has 1 aromatic carbocycles. The Morgan fingerprint density at radius 2 is 2.00 bits per heavy atom. The molecule has 0 spiro atoms. The van der Waals surface area contributed by atoms with Crippen LogP contribution < -0.4 is 4.74 Å². The predicted molar refractivity (Wildman–Crippen MR) is 91.0 cm³/mol. The van der Waals surface area contributed by atoms with Gasteiger partial charge < -0.3 is 9.47 Å². The molecular formula is C17H22Cl2O2. The first-order valence-corrected chi connectivity index (χ1v) is 7.62. The largest absolute Gasteiger partial charge is 0.496 e. The molecule has 0 radical (unpaired) electrons. The van der Waals surface area contributed by atoms with Gasteiger partial charge in [0.15, 0.2) is 0 Å². The number of benzene rings is 1. The lowest BCUT2D eigenvalue weighted by atomic mass is 9.91. The molecule has 2 nitrogen and oxygen atoms in total. The minimum absolute atomic E-state index is 0.298. The Kier molecular flexibility index (Phi) is 7.13.